The highest BCUT2D eigenvalue weighted by molar-refractivity contribution is 7.80. The molecule has 0 fully saturated rings. The summed E-state index contributed by atoms with van der Waals surface area (Å²) in [6.45, 7) is 0.202. The largest absolute Gasteiger partial charge is 0.325 e. The summed E-state index contributed by atoms with van der Waals surface area (Å²) < 4.78 is 0. The van der Waals surface area contributed by atoms with Crippen molar-refractivity contribution in [2.24, 2.45) is 5.73 Å². The Labute approximate surface area is 81.6 Å². The Morgan fingerprint density at radius 2 is 2.25 bits per heavy atom. The second-order valence-corrected chi connectivity index (χ2v) is 3.26. The highest BCUT2D eigenvalue weighted by Crippen LogP contribution is 2.19. The molecule has 0 radical (unpaired) electrons. The van der Waals surface area contributed by atoms with Gasteiger partial charge in [0.05, 0.1) is 5.71 Å². The van der Waals surface area contributed by atoms with Gasteiger partial charge in [0, 0.05) is 22.0 Å². The molecule has 12 heavy (non-hydrogen) atoms. The minimum absolute atomic E-state index is 0.202. The summed E-state index contributed by atoms with van der Waals surface area (Å²) in [5.41, 5.74) is 6.37. The molecule has 0 heterocycles. The molecule has 0 aliphatic rings. The Hall–Kier alpha value is -0.510. The zero-order chi connectivity index (χ0) is 9.14. The van der Waals surface area contributed by atoms with Crippen molar-refractivity contribution in [3.05, 3.63) is 28.8 Å². The molecule has 0 saturated carbocycles. The number of hydrogen-bond donors (Lipinski definition) is 3. The SMILES string of the molecule is N=C(CN)c1cc(Cl)ccc1S. The average molecular weight is 201 g/mol. The summed E-state index contributed by atoms with van der Waals surface area (Å²) in [6, 6.07) is 5.18. The highest BCUT2D eigenvalue weighted by Gasteiger charge is 2.03. The zero-order valence-electron chi connectivity index (χ0n) is 6.34. The fourth-order valence-electron chi connectivity index (χ4n) is 0.860. The maximum atomic E-state index is 7.48. The Bertz CT molecular complexity index is 312. The van der Waals surface area contributed by atoms with E-state index in [4.69, 9.17) is 22.7 Å². The fraction of sp³-hybridized carbons (Fsp3) is 0.125. The van der Waals surface area contributed by atoms with Crippen molar-refractivity contribution in [3.8, 4) is 0 Å². The van der Waals surface area contributed by atoms with Crippen molar-refractivity contribution >= 4 is 29.9 Å². The lowest BCUT2D eigenvalue weighted by molar-refractivity contribution is 1.24. The molecular formula is C8H9ClN2S. The maximum Gasteiger partial charge on any atom is 0.0533 e. The Morgan fingerprint density at radius 1 is 1.58 bits per heavy atom. The van der Waals surface area contributed by atoms with Crippen LogP contribution < -0.4 is 5.73 Å². The van der Waals surface area contributed by atoms with Crippen LogP contribution in [0, 0.1) is 5.41 Å². The molecule has 0 aliphatic heterocycles. The first kappa shape index (κ1) is 9.58. The van der Waals surface area contributed by atoms with E-state index >= 15 is 0 Å². The molecule has 0 spiro atoms. The first-order valence-electron chi connectivity index (χ1n) is 3.41. The third-order valence-corrected chi connectivity index (χ3v) is 2.11. The zero-order valence-corrected chi connectivity index (χ0v) is 7.99. The first-order chi connectivity index (χ1) is 5.65. The van der Waals surface area contributed by atoms with Gasteiger partial charge in [0.1, 0.15) is 0 Å². The number of halogens is 1. The lowest BCUT2D eigenvalue weighted by Gasteiger charge is -2.04. The molecule has 0 bridgehead atoms. The molecule has 0 aromatic heterocycles. The van der Waals surface area contributed by atoms with Gasteiger partial charge in [-0.1, -0.05) is 11.6 Å². The lowest BCUT2D eigenvalue weighted by Crippen LogP contribution is -2.14. The van der Waals surface area contributed by atoms with Gasteiger partial charge in [-0.15, -0.1) is 12.6 Å². The number of thiol groups is 1. The van der Waals surface area contributed by atoms with E-state index < -0.39 is 0 Å². The van der Waals surface area contributed by atoms with Crippen LogP contribution in [0.3, 0.4) is 0 Å². The van der Waals surface area contributed by atoms with Gasteiger partial charge in [0.25, 0.3) is 0 Å². The molecule has 0 aliphatic carbocycles. The van der Waals surface area contributed by atoms with Crippen LogP contribution >= 0.6 is 24.2 Å². The van der Waals surface area contributed by atoms with Gasteiger partial charge in [-0.3, -0.25) is 0 Å². The fourth-order valence-corrected chi connectivity index (χ4v) is 1.31. The van der Waals surface area contributed by atoms with Crippen LogP contribution in [0.4, 0.5) is 0 Å². The summed E-state index contributed by atoms with van der Waals surface area (Å²) in [5, 5.41) is 8.08. The van der Waals surface area contributed by atoms with Gasteiger partial charge in [0.2, 0.25) is 0 Å². The summed E-state index contributed by atoms with van der Waals surface area (Å²) in [4.78, 5) is 0.731. The molecule has 0 amide bonds. The number of hydrogen-bond acceptors (Lipinski definition) is 3. The monoisotopic (exact) mass is 200 g/mol. The van der Waals surface area contributed by atoms with Crippen LogP contribution in [-0.2, 0) is 0 Å². The average Bonchev–Trinajstić information content (AvgIpc) is 2.08. The molecule has 1 rings (SSSR count). The van der Waals surface area contributed by atoms with E-state index in [1.807, 2.05) is 0 Å². The van der Waals surface area contributed by atoms with Crippen molar-refractivity contribution in [2.45, 2.75) is 4.90 Å². The predicted octanol–water partition coefficient (Wildman–Crippen LogP) is 1.96. The van der Waals surface area contributed by atoms with Gasteiger partial charge in [-0.2, -0.15) is 0 Å². The van der Waals surface area contributed by atoms with E-state index in [-0.39, 0.29) is 6.54 Å². The normalized spacial score (nSPS) is 9.92. The van der Waals surface area contributed by atoms with Crippen LogP contribution in [0.2, 0.25) is 5.02 Å². The number of rotatable bonds is 2. The summed E-state index contributed by atoms with van der Waals surface area (Å²) in [5.74, 6) is 0. The molecule has 2 nitrogen and oxygen atoms in total. The van der Waals surface area contributed by atoms with Crippen LogP contribution in [0.15, 0.2) is 23.1 Å². The molecule has 0 atom stereocenters. The summed E-state index contributed by atoms with van der Waals surface area (Å²) in [6.07, 6.45) is 0. The third-order valence-electron chi connectivity index (χ3n) is 1.49. The molecule has 3 N–H and O–H groups in total. The van der Waals surface area contributed by atoms with E-state index in [2.05, 4.69) is 12.6 Å². The quantitative estimate of drug-likeness (QED) is 0.496. The molecule has 0 unspecified atom stereocenters. The molecular weight excluding hydrogens is 192 g/mol. The minimum atomic E-state index is 0.202. The summed E-state index contributed by atoms with van der Waals surface area (Å²) >= 11 is 9.93. The molecule has 64 valence electrons. The van der Waals surface area contributed by atoms with E-state index in [1.54, 1.807) is 18.2 Å². The van der Waals surface area contributed by atoms with E-state index in [0.717, 1.165) is 4.90 Å². The predicted molar refractivity (Wildman–Crippen MR) is 54.6 cm³/mol. The van der Waals surface area contributed by atoms with Crippen molar-refractivity contribution in [3.63, 3.8) is 0 Å². The molecule has 4 heteroatoms. The van der Waals surface area contributed by atoms with Crippen LogP contribution in [0.1, 0.15) is 5.56 Å². The smallest absolute Gasteiger partial charge is 0.0533 e. The van der Waals surface area contributed by atoms with Gasteiger partial charge in [0.15, 0.2) is 0 Å². The first-order valence-corrected chi connectivity index (χ1v) is 4.24. The maximum absolute atomic E-state index is 7.48. The van der Waals surface area contributed by atoms with Crippen molar-refractivity contribution in [1.29, 1.82) is 5.41 Å². The van der Waals surface area contributed by atoms with Crippen LogP contribution in [-0.4, -0.2) is 12.3 Å². The van der Waals surface area contributed by atoms with E-state index in [0.29, 0.717) is 16.3 Å². The Morgan fingerprint density at radius 3 is 2.83 bits per heavy atom. The topological polar surface area (TPSA) is 49.9 Å². The molecule has 1 aromatic carbocycles. The standard InChI is InChI=1S/C8H9ClN2S/c9-5-1-2-8(12)6(3-5)7(11)4-10/h1-3,11-12H,4,10H2. The minimum Gasteiger partial charge on any atom is -0.325 e. The Balaban J connectivity index is 3.13. The highest BCUT2D eigenvalue weighted by atomic mass is 35.5. The number of nitrogens with one attached hydrogen (secondary N) is 1. The second kappa shape index (κ2) is 3.94. The van der Waals surface area contributed by atoms with Gasteiger partial charge >= 0.3 is 0 Å². The Kier molecular flexibility index (Phi) is 3.14. The summed E-state index contributed by atoms with van der Waals surface area (Å²) in [7, 11) is 0. The van der Waals surface area contributed by atoms with Crippen LogP contribution in [0.25, 0.3) is 0 Å². The lowest BCUT2D eigenvalue weighted by atomic mass is 10.1. The van der Waals surface area contributed by atoms with Gasteiger partial charge < -0.3 is 11.1 Å². The van der Waals surface area contributed by atoms with Crippen molar-refractivity contribution < 1.29 is 0 Å². The third kappa shape index (κ3) is 2.00. The van der Waals surface area contributed by atoms with E-state index in [9.17, 15) is 0 Å². The van der Waals surface area contributed by atoms with Crippen molar-refractivity contribution in [2.75, 3.05) is 6.54 Å². The van der Waals surface area contributed by atoms with Crippen LogP contribution in [0.5, 0.6) is 0 Å². The van der Waals surface area contributed by atoms with Gasteiger partial charge in [-0.25, -0.2) is 0 Å². The number of nitrogens with two attached hydrogens (primary N) is 1. The molecule has 1 aromatic rings. The number of benzene rings is 1. The van der Waals surface area contributed by atoms with Crippen molar-refractivity contribution in [1.82, 2.24) is 0 Å². The molecule has 0 saturated heterocycles. The van der Waals surface area contributed by atoms with E-state index in [1.165, 1.54) is 0 Å². The van der Waals surface area contributed by atoms with Gasteiger partial charge in [-0.05, 0) is 18.2 Å². The second-order valence-electron chi connectivity index (χ2n) is 2.34.